The minimum atomic E-state index is -1.01. The minimum Gasteiger partial charge on any atom is -0.492 e. The number of carboxylic acid groups (broad SMARTS) is 1. The van der Waals surface area contributed by atoms with Gasteiger partial charge in [0.25, 0.3) is 0 Å². The Balaban J connectivity index is 2.15. The summed E-state index contributed by atoms with van der Waals surface area (Å²) < 4.78 is 5.44. The van der Waals surface area contributed by atoms with Crippen molar-refractivity contribution in [1.82, 2.24) is 0 Å². The SMILES string of the molecule is O=C(O)c1cc(Cl)ccc1OCC1CC1. The van der Waals surface area contributed by atoms with Crippen LogP contribution >= 0.6 is 11.6 Å². The van der Waals surface area contributed by atoms with Gasteiger partial charge in [-0.15, -0.1) is 0 Å². The van der Waals surface area contributed by atoms with Crippen molar-refractivity contribution in [2.75, 3.05) is 6.61 Å². The third-order valence-electron chi connectivity index (χ3n) is 2.34. The van der Waals surface area contributed by atoms with E-state index < -0.39 is 5.97 Å². The van der Waals surface area contributed by atoms with Gasteiger partial charge in [0.05, 0.1) is 6.61 Å². The van der Waals surface area contributed by atoms with Crippen molar-refractivity contribution >= 4 is 17.6 Å². The van der Waals surface area contributed by atoms with Crippen LogP contribution in [0, 0.1) is 5.92 Å². The number of aromatic carboxylic acids is 1. The van der Waals surface area contributed by atoms with E-state index in [2.05, 4.69) is 0 Å². The molecule has 1 aliphatic rings. The van der Waals surface area contributed by atoms with Crippen LogP contribution in [0.5, 0.6) is 5.75 Å². The summed E-state index contributed by atoms with van der Waals surface area (Å²) in [6.45, 7) is 0.599. The first-order chi connectivity index (χ1) is 7.16. The molecule has 0 aliphatic heterocycles. The molecule has 1 aliphatic carbocycles. The zero-order chi connectivity index (χ0) is 10.8. The summed E-state index contributed by atoms with van der Waals surface area (Å²) in [5.74, 6) is -0.00980. The monoisotopic (exact) mass is 226 g/mol. The first kappa shape index (κ1) is 10.3. The molecular weight excluding hydrogens is 216 g/mol. The number of hydrogen-bond donors (Lipinski definition) is 1. The summed E-state index contributed by atoms with van der Waals surface area (Å²) in [7, 11) is 0. The van der Waals surface area contributed by atoms with Gasteiger partial charge >= 0.3 is 5.97 Å². The number of ether oxygens (including phenoxy) is 1. The number of halogens is 1. The Morgan fingerprint density at radius 1 is 1.53 bits per heavy atom. The van der Waals surface area contributed by atoms with Gasteiger partial charge in [-0.1, -0.05) is 11.6 Å². The normalized spacial score (nSPS) is 15.0. The molecular formula is C11H11ClO3. The molecule has 4 heteroatoms. The van der Waals surface area contributed by atoms with Gasteiger partial charge in [-0.2, -0.15) is 0 Å². The van der Waals surface area contributed by atoms with Crippen LogP contribution in [0.4, 0.5) is 0 Å². The summed E-state index contributed by atoms with van der Waals surface area (Å²) in [6.07, 6.45) is 2.35. The maximum Gasteiger partial charge on any atom is 0.339 e. The van der Waals surface area contributed by atoms with E-state index >= 15 is 0 Å². The fraction of sp³-hybridized carbons (Fsp3) is 0.364. The van der Waals surface area contributed by atoms with E-state index in [-0.39, 0.29) is 5.56 Å². The van der Waals surface area contributed by atoms with Crippen LogP contribution in [0.25, 0.3) is 0 Å². The smallest absolute Gasteiger partial charge is 0.339 e. The van der Waals surface area contributed by atoms with Gasteiger partial charge in [0, 0.05) is 5.02 Å². The highest BCUT2D eigenvalue weighted by Crippen LogP contribution is 2.31. The Morgan fingerprint density at radius 2 is 2.27 bits per heavy atom. The standard InChI is InChI=1S/C11H11ClO3/c12-8-3-4-10(9(5-8)11(13)14)15-6-7-1-2-7/h3-5,7H,1-2,6H2,(H,13,14). The molecule has 2 rings (SSSR count). The number of hydrogen-bond acceptors (Lipinski definition) is 2. The van der Waals surface area contributed by atoms with E-state index in [0.717, 1.165) is 0 Å². The molecule has 80 valence electrons. The predicted octanol–water partition coefficient (Wildman–Crippen LogP) is 2.83. The van der Waals surface area contributed by atoms with E-state index in [1.165, 1.54) is 18.9 Å². The molecule has 0 saturated heterocycles. The van der Waals surface area contributed by atoms with Crippen molar-refractivity contribution in [3.63, 3.8) is 0 Å². The molecule has 1 N–H and O–H groups in total. The van der Waals surface area contributed by atoms with Crippen LogP contribution in [0.2, 0.25) is 5.02 Å². The van der Waals surface area contributed by atoms with Gasteiger partial charge in [0.15, 0.2) is 0 Å². The van der Waals surface area contributed by atoms with E-state index in [9.17, 15) is 4.79 Å². The van der Waals surface area contributed by atoms with Gasteiger partial charge in [0.2, 0.25) is 0 Å². The van der Waals surface area contributed by atoms with Crippen molar-refractivity contribution < 1.29 is 14.6 Å². The fourth-order valence-electron chi connectivity index (χ4n) is 1.29. The topological polar surface area (TPSA) is 46.5 Å². The molecule has 0 spiro atoms. The average Bonchev–Trinajstić information content (AvgIpc) is 2.99. The second kappa shape index (κ2) is 4.11. The maximum absolute atomic E-state index is 10.9. The maximum atomic E-state index is 10.9. The highest BCUT2D eigenvalue weighted by atomic mass is 35.5. The van der Waals surface area contributed by atoms with Gasteiger partial charge in [-0.25, -0.2) is 4.79 Å². The second-order valence-corrected chi connectivity index (χ2v) is 4.14. The van der Waals surface area contributed by atoms with Gasteiger partial charge in [-0.05, 0) is 37.0 Å². The van der Waals surface area contributed by atoms with Crippen LogP contribution in [0.1, 0.15) is 23.2 Å². The molecule has 0 amide bonds. The molecule has 0 radical (unpaired) electrons. The van der Waals surface area contributed by atoms with Crippen molar-refractivity contribution in [2.24, 2.45) is 5.92 Å². The van der Waals surface area contributed by atoms with E-state index in [1.54, 1.807) is 12.1 Å². The number of benzene rings is 1. The van der Waals surface area contributed by atoms with E-state index in [4.69, 9.17) is 21.4 Å². The molecule has 1 aromatic rings. The lowest BCUT2D eigenvalue weighted by Crippen LogP contribution is -2.05. The van der Waals surface area contributed by atoms with Crippen LogP contribution in [0.3, 0.4) is 0 Å². The summed E-state index contributed by atoms with van der Waals surface area (Å²) in [5.41, 5.74) is 0.128. The Labute approximate surface area is 92.6 Å². The summed E-state index contributed by atoms with van der Waals surface area (Å²) in [4.78, 5) is 10.9. The Bertz CT molecular complexity index is 385. The number of carboxylic acids is 1. The highest BCUT2D eigenvalue weighted by Gasteiger charge is 2.23. The zero-order valence-corrected chi connectivity index (χ0v) is 8.83. The molecule has 1 aromatic carbocycles. The van der Waals surface area contributed by atoms with Crippen LogP contribution < -0.4 is 4.74 Å². The van der Waals surface area contributed by atoms with Gasteiger partial charge in [-0.3, -0.25) is 0 Å². The lowest BCUT2D eigenvalue weighted by Gasteiger charge is -2.08. The summed E-state index contributed by atoms with van der Waals surface area (Å²) in [5, 5.41) is 9.34. The fourth-order valence-corrected chi connectivity index (χ4v) is 1.46. The number of rotatable bonds is 4. The van der Waals surface area contributed by atoms with Gasteiger partial charge < -0.3 is 9.84 Å². The van der Waals surface area contributed by atoms with Crippen molar-refractivity contribution in [3.05, 3.63) is 28.8 Å². The lowest BCUT2D eigenvalue weighted by molar-refractivity contribution is 0.0692. The molecule has 15 heavy (non-hydrogen) atoms. The molecule has 1 saturated carbocycles. The molecule has 1 fully saturated rings. The second-order valence-electron chi connectivity index (χ2n) is 3.70. The van der Waals surface area contributed by atoms with Crippen LogP contribution in [-0.2, 0) is 0 Å². The third kappa shape index (κ3) is 2.63. The Kier molecular flexibility index (Phi) is 2.82. The van der Waals surface area contributed by atoms with Crippen LogP contribution in [0.15, 0.2) is 18.2 Å². The third-order valence-corrected chi connectivity index (χ3v) is 2.58. The predicted molar refractivity (Wildman–Crippen MR) is 56.6 cm³/mol. The molecule has 0 atom stereocenters. The first-order valence-electron chi connectivity index (χ1n) is 4.82. The molecule has 0 bridgehead atoms. The first-order valence-corrected chi connectivity index (χ1v) is 5.20. The largest absolute Gasteiger partial charge is 0.492 e. The van der Waals surface area contributed by atoms with Gasteiger partial charge in [0.1, 0.15) is 11.3 Å². The molecule has 0 aromatic heterocycles. The number of carbonyl (C=O) groups is 1. The van der Waals surface area contributed by atoms with Crippen LogP contribution in [-0.4, -0.2) is 17.7 Å². The van der Waals surface area contributed by atoms with Crippen molar-refractivity contribution in [1.29, 1.82) is 0 Å². The van der Waals surface area contributed by atoms with Crippen molar-refractivity contribution in [2.45, 2.75) is 12.8 Å². The Morgan fingerprint density at radius 3 is 2.87 bits per heavy atom. The highest BCUT2D eigenvalue weighted by molar-refractivity contribution is 6.31. The average molecular weight is 227 g/mol. The lowest BCUT2D eigenvalue weighted by atomic mass is 10.2. The van der Waals surface area contributed by atoms with Crippen molar-refractivity contribution in [3.8, 4) is 5.75 Å². The minimum absolute atomic E-state index is 0.128. The Hall–Kier alpha value is -1.22. The summed E-state index contributed by atoms with van der Waals surface area (Å²) >= 11 is 5.72. The van der Waals surface area contributed by atoms with E-state index in [0.29, 0.717) is 23.3 Å². The summed E-state index contributed by atoms with van der Waals surface area (Å²) in [6, 6.07) is 4.65. The molecule has 0 heterocycles. The zero-order valence-electron chi connectivity index (χ0n) is 8.07. The molecule has 3 nitrogen and oxygen atoms in total. The molecule has 0 unspecified atom stereocenters. The quantitative estimate of drug-likeness (QED) is 0.859. The van der Waals surface area contributed by atoms with E-state index in [1.807, 2.05) is 0 Å².